The molecule has 170 valence electrons. The first-order valence-electron chi connectivity index (χ1n) is 10.2. The van der Waals surface area contributed by atoms with E-state index in [9.17, 15) is 9.59 Å². The van der Waals surface area contributed by atoms with E-state index < -0.39 is 17.3 Å². The molecule has 0 aliphatic heterocycles. The smallest absolute Gasteiger partial charge is 0.410 e. The molecule has 0 saturated heterocycles. The summed E-state index contributed by atoms with van der Waals surface area (Å²) in [4.78, 5) is 25.7. The number of carbonyl (C=O) groups is 2. The van der Waals surface area contributed by atoms with E-state index in [1.54, 1.807) is 11.9 Å². The van der Waals surface area contributed by atoms with Crippen molar-refractivity contribution < 1.29 is 19.1 Å². The van der Waals surface area contributed by atoms with E-state index in [0.717, 1.165) is 16.5 Å². The van der Waals surface area contributed by atoms with E-state index in [-0.39, 0.29) is 12.1 Å². The second-order valence-electron chi connectivity index (χ2n) is 9.20. The number of alkyl carbamates (subject to hydrolysis) is 1. The van der Waals surface area contributed by atoms with Crippen LogP contribution in [0.5, 0.6) is 0 Å². The van der Waals surface area contributed by atoms with Gasteiger partial charge in [0, 0.05) is 30.7 Å². The van der Waals surface area contributed by atoms with Crippen LogP contribution in [0.2, 0.25) is 0 Å². The average Bonchev–Trinajstić information content (AvgIpc) is 2.58. The Labute approximate surface area is 189 Å². The van der Waals surface area contributed by atoms with Crippen molar-refractivity contribution in [1.82, 2.24) is 15.5 Å². The second-order valence-corrected chi connectivity index (χ2v) is 10.1. The highest BCUT2D eigenvalue weighted by atomic mass is 79.9. The number of benzene rings is 1. The lowest BCUT2D eigenvalue weighted by Gasteiger charge is -2.28. The van der Waals surface area contributed by atoms with Gasteiger partial charge in [0.15, 0.2) is 0 Å². The van der Waals surface area contributed by atoms with Crippen LogP contribution in [-0.2, 0) is 9.47 Å². The molecule has 2 N–H and O–H groups in total. The fraction of sp³-hybridized carbons (Fsp3) is 0.636. The Morgan fingerprint density at radius 3 is 2.10 bits per heavy atom. The zero-order chi connectivity index (χ0) is 22.9. The average molecular weight is 486 g/mol. The van der Waals surface area contributed by atoms with E-state index >= 15 is 0 Å². The topological polar surface area (TPSA) is 79.9 Å². The molecule has 1 rings (SSSR count). The molecule has 30 heavy (non-hydrogen) atoms. The van der Waals surface area contributed by atoms with Gasteiger partial charge in [-0.2, -0.15) is 0 Å². The molecule has 0 heterocycles. The van der Waals surface area contributed by atoms with Gasteiger partial charge < -0.3 is 25.0 Å². The van der Waals surface area contributed by atoms with Crippen molar-refractivity contribution >= 4 is 28.1 Å². The number of hydrogen-bond acceptors (Lipinski definition) is 5. The number of carbonyl (C=O) groups excluding carboxylic acids is 2. The maximum Gasteiger partial charge on any atom is 0.410 e. The van der Waals surface area contributed by atoms with Crippen LogP contribution in [0.1, 0.15) is 59.6 Å². The van der Waals surface area contributed by atoms with Crippen molar-refractivity contribution in [3.05, 3.63) is 34.3 Å². The first kappa shape index (κ1) is 26.2. The maximum absolute atomic E-state index is 12.4. The summed E-state index contributed by atoms with van der Waals surface area (Å²) >= 11 is 3.45. The number of nitrogens with one attached hydrogen (secondary N) is 2. The molecule has 1 unspecified atom stereocenters. The molecule has 0 bridgehead atoms. The van der Waals surface area contributed by atoms with E-state index in [1.807, 2.05) is 65.8 Å². The zero-order valence-electron chi connectivity index (χ0n) is 19.2. The van der Waals surface area contributed by atoms with Crippen LogP contribution in [0.15, 0.2) is 28.7 Å². The van der Waals surface area contributed by atoms with Crippen LogP contribution in [-0.4, -0.2) is 55.0 Å². The molecule has 0 saturated carbocycles. The number of rotatable bonds is 8. The zero-order valence-corrected chi connectivity index (χ0v) is 20.8. The van der Waals surface area contributed by atoms with Crippen molar-refractivity contribution in [3.8, 4) is 0 Å². The van der Waals surface area contributed by atoms with Crippen molar-refractivity contribution in [2.45, 2.75) is 65.2 Å². The Morgan fingerprint density at radius 2 is 1.57 bits per heavy atom. The van der Waals surface area contributed by atoms with Gasteiger partial charge in [-0.15, -0.1) is 0 Å². The minimum absolute atomic E-state index is 0.0721. The number of amides is 2. The van der Waals surface area contributed by atoms with E-state index in [2.05, 4.69) is 26.6 Å². The summed E-state index contributed by atoms with van der Waals surface area (Å²) in [6, 6.07) is 7.91. The third kappa shape index (κ3) is 11.4. The molecule has 8 heteroatoms. The van der Waals surface area contributed by atoms with Crippen molar-refractivity contribution in [2.24, 2.45) is 0 Å². The molecule has 1 atom stereocenters. The van der Waals surface area contributed by atoms with Crippen LogP contribution in [0.4, 0.5) is 9.59 Å². The maximum atomic E-state index is 12.4. The van der Waals surface area contributed by atoms with Gasteiger partial charge >= 0.3 is 12.2 Å². The van der Waals surface area contributed by atoms with Gasteiger partial charge in [-0.25, -0.2) is 9.59 Å². The largest absolute Gasteiger partial charge is 0.444 e. The Balaban J connectivity index is 2.62. The monoisotopic (exact) mass is 485 g/mol. The molecule has 1 aromatic rings. The third-order valence-electron chi connectivity index (χ3n) is 3.85. The number of ether oxygens (including phenoxy) is 2. The van der Waals surface area contributed by atoms with Crippen LogP contribution in [0.3, 0.4) is 0 Å². The molecule has 0 radical (unpaired) electrons. The predicted molar refractivity (Wildman–Crippen MR) is 123 cm³/mol. The molecule has 0 aromatic heterocycles. The Kier molecular flexibility index (Phi) is 10.1. The minimum atomic E-state index is -0.542. The Morgan fingerprint density at radius 1 is 1.00 bits per heavy atom. The van der Waals surface area contributed by atoms with Gasteiger partial charge in [-0.1, -0.05) is 28.1 Å². The molecule has 2 amide bonds. The van der Waals surface area contributed by atoms with Crippen molar-refractivity contribution in [3.63, 3.8) is 0 Å². The summed E-state index contributed by atoms with van der Waals surface area (Å²) in [5.41, 5.74) is 0.00853. The van der Waals surface area contributed by atoms with Crippen LogP contribution in [0, 0.1) is 0 Å². The number of hydrogen-bond donors (Lipinski definition) is 2. The van der Waals surface area contributed by atoms with Gasteiger partial charge in [0.1, 0.15) is 11.2 Å². The fourth-order valence-corrected chi connectivity index (χ4v) is 2.80. The highest BCUT2D eigenvalue weighted by molar-refractivity contribution is 9.10. The Hall–Kier alpha value is -1.80. The first-order valence-corrected chi connectivity index (χ1v) is 11.0. The van der Waals surface area contributed by atoms with E-state index in [4.69, 9.17) is 9.47 Å². The molecule has 0 aliphatic rings. The van der Waals surface area contributed by atoms with Gasteiger partial charge in [-0.05, 0) is 72.2 Å². The van der Waals surface area contributed by atoms with Gasteiger partial charge in [0.2, 0.25) is 0 Å². The molecule has 7 nitrogen and oxygen atoms in total. The second kappa shape index (κ2) is 11.6. The lowest BCUT2D eigenvalue weighted by molar-refractivity contribution is 0.0282. The highest BCUT2D eigenvalue weighted by Crippen LogP contribution is 2.19. The van der Waals surface area contributed by atoms with Gasteiger partial charge in [0.25, 0.3) is 0 Å². The van der Waals surface area contributed by atoms with E-state index in [0.29, 0.717) is 19.6 Å². The Bertz CT molecular complexity index is 681. The van der Waals surface area contributed by atoms with Crippen LogP contribution >= 0.6 is 15.9 Å². The minimum Gasteiger partial charge on any atom is -0.444 e. The van der Waals surface area contributed by atoms with Gasteiger partial charge in [-0.3, -0.25) is 0 Å². The van der Waals surface area contributed by atoms with Crippen molar-refractivity contribution in [2.75, 3.05) is 26.7 Å². The molecule has 0 fully saturated rings. The van der Waals surface area contributed by atoms with E-state index in [1.165, 1.54) is 0 Å². The molecular weight excluding hydrogens is 450 g/mol. The van der Waals surface area contributed by atoms with Gasteiger partial charge in [0.05, 0.1) is 0 Å². The summed E-state index contributed by atoms with van der Waals surface area (Å²) in [6.45, 7) is 12.7. The quantitative estimate of drug-likeness (QED) is 0.513. The number of nitrogens with zero attached hydrogens (tertiary/aromatic N) is 1. The third-order valence-corrected chi connectivity index (χ3v) is 4.38. The normalized spacial score (nSPS) is 12.8. The summed E-state index contributed by atoms with van der Waals surface area (Å²) in [6.07, 6.45) is -0.0581. The van der Waals surface area contributed by atoms with Crippen molar-refractivity contribution in [1.29, 1.82) is 0 Å². The first-order chi connectivity index (χ1) is 13.8. The molecular formula is C22H36BrN3O4. The summed E-state index contributed by atoms with van der Waals surface area (Å²) < 4.78 is 11.7. The van der Waals surface area contributed by atoms with Crippen LogP contribution < -0.4 is 10.6 Å². The summed E-state index contributed by atoms with van der Waals surface area (Å²) in [5.74, 6) is 0. The molecule has 0 aliphatic carbocycles. The van der Waals surface area contributed by atoms with Crippen LogP contribution in [0.25, 0.3) is 0 Å². The summed E-state index contributed by atoms with van der Waals surface area (Å²) in [7, 11) is 1.73. The molecule has 1 aromatic carbocycles. The number of halogens is 1. The lowest BCUT2D eigenvalue weighted by Crippen LogP contribution is -2.40. The lowest BCUT2D eigenvalue weighted by atomic mass is 10.1. The highest BCUT2D eigenvalue weighted by Gasteiger charge is 2.22. The number of likely N-dealkylation sites (N-methyl/N-ethyl adjacent to an activating group) is 1. The standard InChI is InChI=1S/C22H36BrN3O4/c1-21(2,3)29-19(27)25-14-8-13-24-18(16-9-11-17(23)12-10-16)15-26(7)20(28)30-22(4,5)6/h9-12,18,24H,8,13-15H2,1-7H3,(H,25,27). The fourth-order valence-electron chi connectivity index (χ4n) is 2.54. The SMILES string of the molecule is CN(CC(NCCCNC(=O)OC(C)(C)C)c1ccc(Br)cc1)C(=O)OC(C)(C)C. The molecule has 0 spiro atoms. The predicted octanol–water partition coefficient (Wildman–Crippen LogP) is 4.86. The summed E-state index contributed by atoms with van der Waals surface area (Å²) in [5, 5.41) is 6.22.